The fourth-order valence-corrected chi connectivity index (χ4v) is 5.76. The second-order valence-electron chi connectivity index (χ2n) is 9.27. The van der Waals surface area contributed by atoms with E-state index in [0.717, 1.165) is 34.1 Å². The number of benzene rings is 3. The average Bonchev–Trinajstić information content (AvgIpc) is 3.71. The molecule has 1 amide bonds. The molecule has 0 saturated carbocycles. The molecule has 2 aromatic heterocycles. The number of aromatic amines is 1. The smallest absolute Gasteiger partial charge is 0.266 e. The molecule has 6 rings (SSSR count). The molecular weight excluding hydrogens is 520 g/mol. The van der Waals surface area contributed by atoms with Crippen molar-refractivity contribution in [3.8, 4) is 17.2 Å². The fraction of sp³-hybridized carbons (Fsp3) is 0.125. The second kappa shape index (κ2) is 11.2. The van der Waals surface area contributed by atoms with Crippen LogP contribution in [0.15, 0.2) is 107 Å². The van der Waals surface area contributed by atoms with E-state index in [-0.39, 0.29) is 5.91 Å². The molecule has 0 aliphatic carbocycles. The Morgan fingerprint density at radius 3 is 2.38 bits per heavy atom. The number of amidine groups is 1. The van der Waals surface area contributed by atoms with Crippen LogP contribution in [0, 0.1) is 0 Å². The van der Waals surface area contributed by atoms with E-state index < -0.39 is 0 Å². The number of amides is 1. The molecule has 1 aliphatic heterocycles. The molecule has 0 unspecified atom stereocenters. The van der Waals surface area contributed by atoms with Gasteiger partial charge in [-0.2, -0.15) is 0 Å². The van der Waals surface area contributed by atoms with Crippen LogP contribution in [-0.2, 0) is 11.2 Å². The maximum Gasteiger partial charge on any atom is 0.266 e. The number of para-hydroxylation sites is 1. The topological polar surface area (TPSA) is 71.8 Å². The van der Waals surface area contributed by atoms with Gasteiger partial charge in [-0.3, -0.25) is 9.69 Å². The number of carbonyl (C=O) groups is 1. The molecular formula is C32H28N4O3S. The normalized spacial score (nSPS) is 15.4. The highest BCUT2D eigenvalue weighted by molar-refractivity contribution is 8.18. The summed E-state index contributed by atoms with van der Waals surface area (Å²) in [6.45, 7) is 0.513. The summed E-state index contributed by atoms with van der Waals surface area (Å²) in [7, 11) is 3.29. The first-order valence-electron chi connectivity index (χ1n) is 12.9. The Morgan fingerprint density at radius 1 is 0.900 bits per heavy atom. The minimum absolute atomic E-state index is 0.0559. The van der Waals surface area contributed by atoms with Crippen molar-refractivity contribution < 1.29 is 14.3 Å². The Morgan fingerprint density at radius 2 is 1.62 bits per heavy atom. The quantitative estimate of drug-likeness (QED) is 0.216. The number of H-pyrrole nitrogens is 1. The summed E-state index contributed by atoms with van der Waals surface area (Å²) in [5.74, 6) is 1.50. The summed E-state index contributed by atoms with van der Waals surface area (Å²) in [6, 6.07) is 27.6. The Kier molecular flexibility index (Phi) is 7.16. The number of ether oxygens (including phenoxy) is 2. The Labute approximate surface area is 236 Å². The third-order valence-electron chi connectivity index (χ3n) is 6.87. The molecule has 3 heterocycles. The van der Waals surface area contributed by atoms with Gasteiger partial charge in [-0.05, 0) is 96.6 Å². The molecule has 0 atom stereocenters. The van der Waals surface area contributed by atoms with Gasteiger partial charge < -0.3 is 19.0 Å². The van der Waals surface area contributed by atoms with Crippen LogP contribution >= 0.6 is 11.8 Å². The SMILES string of the molecule is COc1ccc(N=C2S/C(=C\c3cccn3-c3ccc(OC)cc3)C(=O)N2CCc2c[nH]c3ccccc23)cc1. The number of thioether (sulfide) groups is 1. The summed E-state index contributed by atoms with van der Waals surface area (Å²) < 4.78 is 12.6. The minimum atomic E-state index is -0.0559. The van der Waals surface area contributed by atoms with Crippen LogP contribution in [0.4, 0.5) is 5.69 Å². The van der Waals surface area contributed by atoms with E-state index in [1.54, 1.807) is 19.1 Å². The molecule has 40 heavy (non-hydrogen) atoms. The van der Waals surface area contributed by atoms with Gasteiger partial charge in [0.25, 0.3) is 5.91 Å². The highest BCUT2D eigenvalue weighted by atomic mass is 32.2. The summed E-state index contributed by atoms with van der Waals surface area (Å²) in [5, 5.41) is 1.83. The molecule has 5 aromatic rings. The predicted molar refractivity (Wildman–Crippen MR) is 162 cm³/mol. The van der Waals surface area contributed by atoms with Crippen molar-refractivity contribution in [2.75, 3.05) is 20.8 Å². The van der Waals surface area contributed by atoms with E-state index in [9.17, 15) is 4.79 Å². The molecule has 200 valence electrons. The van der Waals surface area contributed by atoms with Crippen LogP contribution in [0.3, 0.4) is 0 Å². The Balaban J connectivity index is 1.32. The van der Waals surface area contributed by atoms with Gasteiger partial charge in [0.1, 0.15) is 11.5 Å². The molecule has 0 radical (unpaired) electrons. The first-order chi connectivity index (χ1) is 19.6. The first-order valence-corrected chi connectivity index (χ1v) is 13.8. The largest absolute Gasteiger partial charge is 0.497 e. The van der Waals surface area contributed by atoms with Crippen molar-refractivity contribution in [2.24, 2.45) is 4.99 Å². The third-order valence-corrected chi connectivity index (χ3v) is 7.88. The lowest BCUT2D eigenvalue weighted by Gasteiger charge is -2.15. The number of hydrogen-bond donors (Lipinski definition) is 1. The van der Waals surface area contributed by atoms with Gasteiger partial charge in [-0.15, -0.1) is 0 Å². The zero-order chi connectivity index (χ0) is 27.5. The summed E-state index contributed by atoms with van der Waals surface area (Å²) in [4.78, 5) is 24.4. The molecule has 0 bridgehead atoms. The fourth-order valence-electron chi connectivity index (χ4n) is 4.75. The van der Waals surface area contributed by atoms with Crippen LogP contribution in [0.1, 0.15) is 11.3 Å². The van der Waals surface area contributed by atoms with Crippen molar-refractivity contribution in [3.63, 3.8) is 0 Å². The highest BCUT2D eigenvalue weighted by Gasteiger charge is 2.33. The lowest BCUT2D eigenvalue weighted by molar-refractivity contribution is -0.122. The number of aliphatic imine (C=N–C) groups is 1. The van der Waals surface area contributed by atoms with Crippen molar-refractivity contribution in [1.29, 1.82) is 0 Å². The van der Waals surface area contributed by atoms with Crippen molar-refractivity contribution in [1.82, 2.24) is 14.5 Å². The number of rotatable bonds is 8. The number of nitrogens with zero attached hydrogens (tertiary/aromatic N) is 3. The molecule has 0 spiro atoms. The van der Waals surface area contributed by atoms with E-state index in [2.05, 4.69) is 21.7 Å². The summed E-state index contributed by atoms with van der Waals surface area (Å²) in [5.41, 5.74) is 4.91. The minimum Gasteiger partial charge on any atom is -0.497 e. The van der Waals surface area contributed by atoms with Gasteiger partial charge in [0.2, 0.25) is 0 Å². The van der Waals surface area contributed by atoms with Crippen LogP contribution < -0.4 is 9.47 Å². The van der Waals surface area contributed by atoms with E-state index >= 15 is 0 Å². The molecule has 1 fully saturated rings. The van der Waals surface area contributed by atoms with Crippen LogP contribution in [0.25, 0.3) is 22.7 Å². The zero-order valence-electron chi connectivity index (χ0n) is 22.2. The maximum atomic E-state index is 13.8. The van der Waals surface area contributed by atoms with Gasteiger partial charge in [0.15, 0.2) is 5.17 Å². The van der Waals surface area contributed by atoms with Crippen molar-refractivity contribution >= 4 is 45.5 Å². The number of methoxy groups -OCH3 is 2. The number of aromatic nitrogens is 2. The first kappa shape index (κ1) is 25.6. The van der Waals surface area contributed by atoms with E-state index in [0.29, 0.717) is 23.0 Å². The lowest BCUT2D eigenvalue weighted by atomic mass is 10.1. The van der Waals surface area contributed by atoms with E-state index in [4.69, 9.17) is 14.5 Å². The number of hydrogen-bond acceptors (Lipinski definition) is 5. The predicted octanol–water partition coefficient (Wildman–Crippen LogP) is 6.82. The Hall–Kier alpha value is -4.69. The number of fused-ring (bicyclic) bond motifs is 1. The third kappa shape index (κ3) is 5.13. The van der Waals surface area contributed by atoms with Crippen molar-refractivity contribution in [3.05, 3.63) is 113 Å². The molecule has 1 saturated heterocycles. The Bertz CT molecular complexity index is 1720. The summed E-state index contributed by atoms with van der Waals surface area (Å²) >= 11 is 1.40. The van der Waals surface area contributed by atoms with Crippen LogP contribution in [0.2, 0.25) is 0 Å². The molecule has 1 N–H and O–H groups in total. The van der Waals surface area contributed by atoms with Crippen molar-refractivity contribution in [2.45, 2.75) is 6.42 Å². The van der Waals surface area contributed by atoms with Gasteiger partial charge in [0.05, 0.1) is 24.8 Å². The highest BCUT2D eigenvalue weighted by Crippen LogP contribution is 2.35. The molecule has 1 aliphatic rings. The van der Waals surface area contributed by atoms with Crippen LogP contribution in [0.5, 0.6) is 11.5 Å². The average molecular weight is 549 g/mol. The number of carbonyl (C=O) groups excluding carboxylic acids is 1. The standard InChI is InChI=1S/C32H28N4O3S/c1-38-26-13-9-23(10-14-26)34-32-36(19-17-22-21-33-29-8-4-3-7-28(22)29)31(37)30(40-32)20-25-6-5-18-35(25)24-11-15-27(39-2)16-12-24/h3-16,18,20-21,33H,17,19H2,1-2H3/b30-20-,34-32?. The maximum absolute atomic E-state index is 13.8. The monoisotopic (exact) mass is 548 g/mol. The molecule has 7 nitrogen and oxygen atoms in total. The van der Waals surface area contributed by atoms with Gasteiger partial charge >= 0.3 is 0 Å². The van der Waals surface area contributed by atoms with E-state index in [1.807, 2.05) is 91.3 Å². The van der Waals surface area contributed by atoms with Gasteiger partial charge in [0, 0.05) is 41.2 Å². The zero-order valence-corrected chi connectivity index (χ0v) is 23.0. The van der Waals surface area contributed by atoms with Gasteiger partial charge in [-0.1, -0.05) is 18.2 Å². The van der Waals surface area contributed by atoms with Crippen LogP contribution in [-0.4, -0.2) is 46.3 Å². The van der Waals surface area contributed by atoms with E-state index in [1.165, 1.54) is 22.7 Å². The second-order valence-corrected chi connectivity index (χ2v) is 10.3. The molecule has 3 aromatic carbocycles. The lowest BCUT2D eigenvalue weighted by Crippen LogP contribution is -2.31. The number of nitrogens with one attached hydrogen (secondary N) is 1. The van der Waals surface area contributed by atoms with Gasteiger partial charge in [-0.25, -0.2) is 4.99 Å². The molecule has 8 heteroatoms. The summed E-state index contributed by atoms with van der Waals surface area (Å²) in [6.07, 6.45) is 6.65.